The van der Waals surface area contributed by atoms with Crippen LogP contribution < -0.4 is 10.1 Å². The molecule has 0 heterocycles. The first-order chi connectivity index (χ1) is 14.2. The number of ether oxygens (including phenoxy) is 1. The number of amides is 1. The number of hydrogen-bond acceptors (Lipinski definition) is 2. The predicted octanol–water partition coefficient (Wildman–Crippen LogP) is 6.82. The molecule has 0 saturated carbocycles. The van der Waals surface area contributed by atoms with Gasteiger partial charge in [-0.2, -0.15) is 0 Å². The van der Waals surface area contributed by atoms with Gasteiger partial charge in [-0.25, -0.2) is 0 Å². The van der Waals surface area contributed by atoms with Crippen LogP contribution in [0.4, 0.5) is 0 Å². The number of rotatable bonds is 6. The van der Waals surface area contributed by atoms with Gasteiger partial charge in [0.15, 0.2) is 0 Å². The zero-order valence-electron chi connectivity index (χ0n) is 17.9. The number of nitrogens with one attached hydrogen (secondary N) is 1. The Balaban J connectivity index is 1.56. The van der Waals surface area contributed by atoms with E-state index in [4.69, 9.17) is 4.74 Å². The lowest BCUT2D eigenvalue weighted by atomic mass is 9.86. The number of carbonyl (C=O) groups excluding carboxylic acids is 1. The third-order valence-corrected chi connectivity index (χ3v) is 5.59. The second-order valence-electron chi connectivity index (χ2n) is 8.51. The summed E-state index contributed by atoms with van der Waals surface area (Å²) in [6.45, 7) is 9.05. The Labute approximate surface area is 187 Å². The minimum Gasteiger partial charge on any atom is -0.489 e. The first-order valence-electron chi connectivity index (χ1n) is 10.1. The predicted molar refractivity (Wildman–Crippen MR) is 126 cm³/mol. The van der Waals surface area contributed by atoms with Crippen molar-refractivity contribution in [2.24, 2.45) is 0 Å². The molecule has 0 unspecified atom stereocenters. The highest BCUT2D eigenvalue weighted by Gasteiger charge is 2.15. The molecule has 0 aliphatic heterocycles. The fourth-order valence-electron chi connectivity index (χ4n) is 3.08. The molecule has 30 heavy (non-hydrogen) atoms. The van der Waals surface area contributed by atoms with E-state index in [1.165, 1.54) is 5.56 Å². The van der Waals surface area contributed by atoms with E-state index >= 15 is 0 Å². The summed E-state index contributed by atoms with van der Waals surface area (Å²) in [4.78, 5) is 12.6. The molecule has 1 atom stereocenters. The molecule has 0 aliphatic carbocycles. The summed E-state index contributed by atoms with van der Waals surface area (Å²) in [5.74, 6) is 0.731. The van der Waals surface area contributed by atoms with E-state index in [2.05, 4.69) is 66.3 Å². The fraction of sp³-hybridized carbons (Fsp3) is 0.269. The van der Waals surface area contributed by atoms with Crippen LogP contribution in [-0.4, -0.2) is 5.91 Å². The number of carbonyl (C=O) groups is 1. The molecule has 3 aromatic carbocycles. The van der Waals surface area contributed by atoms with Crippen molar-refractivity contribution in [3.05, 3.63) is 99.5 Å². The van der Waals surface area contributed by atoms with Gasteiger partial charge in [0.25, 0.3) is 5.91 Å². The van der Waals surface area contributed by atoms with Crippen molar-refractivity contribution in [2.75, 3.05) is 0 Å². The van der Waals surface area contributed by atoms with E-state index in [9.17, 15) is 4.79 Å². The summed E-state index contributed by atoms with van der Waals surface area (Å²) < 4.78 is 6.80. The molecule has 1 N–H and O–H groups in total. The summed E-state index contributed by atoms with van der Waals surface area (Å²) in [5.41, 5.74) is 4.15. The Morgan fingerprint density at radius 3 is 2.10 bits per heavy atom. The monoisotopic (exact) mass is 465 g/mol. The summed E-state index contributed by atoms with van der Waals surface area (Å²) in [6, 6.07) is 23.7. The van der Waals surface area contributed by atoms with E-state index in [1.807, 2.05) is 55.5 Å². The van der Waals surface area contributed by atoms with Gasteiger partial charge in [-0.05, 0) is 65.4 Å². The molecule has 0 fully saturated rings. The van der Waals surface area contributed by atoms with E-state index in [-0.39, 0.29) is 17.4 Å². The molecule has 3 nitrogen and oxygen atoms in total. The number of halogens is 1. The van der Waals surface area contributed by atoms with Crippen LogP contribution in [0.15, 0.2) is 77.3 Å². The molecular formula is C26H28BrNO2. The SMILES string of the molecule is C[C@H](NC(=O)c1ccc(COc2ccc(Br)cc2)cc1)c1ccc(C(C)(C)C)cc1. The Morgan fingerprint density at radius 2 is 1.53 bits per heavy atom. The number of hydrogen-bond donors (Lipinski definition) is 1. The Morgan fingerprint density at radius 1 is 0.933 bits per heavy atom. The van der Waals surface area contributed by atoms with Crippen LogP contribution in [0.25, 0.3) is 0 Å². The van der Waals surface area contributed by atoms with Gasteiger partial charge in [0.2, 0.25) is 0 Å². The summed E-state index contributed by atoms with van der Waals surface area (Å²) in [6.07, 6.45) is 0. The van der Waals surface area contributed by atoms with E-state index in [0.717, 1.165) is 21.3 Å². The largest absolute Gasteiger partial charge is 0.489 e. The zero-order valence-corrected chi connectivity index (χ0v) is 19.5. The van der Waals surface area contributed by atoms with Crippen molar-refractivity contribution in [1.82, 2.24) is 5.32 Å². The minimum absolute atomic E-state index is 0.0630. The maximum Gasteiger partial charge on any atom is 0.251 e. The van der Waals surface area contributed by atoms with Gasteiger partial charge in [0.1, 0.15) is 12.4 Å². The molecule has 156 valence electrons. The van der Waals surface area contributed by atoms with Gasteiger partial charge < -0.3 is 10.1 Å². The highest BCUT2D eigenvalue weighted by atomic mass is 79.9. The van der Waals surface area contributed by atoms with Crippen LogP contribution in [-0.2, 0) is 12.0 Å². The van der Waals surface area contributed by atoms with E-state index < -0.39 is 0 Å². The average Bonchev–Trinajstić information content (AvgIpc) is 2.73. The van der Waals surface area contributed by atoms with E-state index in [1.54, 1.807) is 0 Å². The topological polar surface area (TPSA) is 38.3 Å². The lowest BCUT2D eigenvalue weighted by molar-refractivity contribution is 0.0940. The lowest BCUT2D eigenvalue weighted by Gasteiger charge is -2.20. The highest BCUT2D eigenvalue weighted by Crippen LogP contribution is 2.24. The third kappa shape index (κ3) is 5.96. The molecule has 0 bridgehead atoms. The second kappa shape index (κ2) is 9.48. The molecule has 0 radical (unpaired) electrons. The quantitative estimate of drug-likeness (QED) is 0.433. The van der Waals surface area contributed by atoms with Gasteiger partial charge >= 0.3 is 0 Å². The van der Waals surface area contributed by atoms with Crippen LogP contribution in [0.2, 0.25) is 0 Å². The molecule has 3 rings (SSSR count). The Kier molecular flexibility index (Phi) is 6.99. The van der Waals surface area contributed by atoms with Crippen LogP contribution in [0.3, 0.4) is 0 Å². The minimum atomic E-state index is -0.0808. The molecular weight excluding hydrogens is 438 g/mol. The second-order valence-corrected chi connectivity index (χ2v) is 9.42. The van der Waals surface area contributed by atoms with Gasteiger partial charge in [0.05, 0.1) is 6.04 Å². The average molecular weight is 466 g/mol. The van der Waals surface area contributed by atoms with Crippen molar-refractivity contribution in [3.63, 3.8) is 0 Å². The fourth-order valence-corrected chi connectivity index (χ4v) is 3.35. The van der Waals surface area contributed by atoms with Crippen molar-refractivity contribution >= 4 is 21.8 Å². The normalized spacial score (nSPS) is 12.3. The molecule has 0 aliphatic rings. The maximum atomic E-state index is 12.6. The third-order valence-electron chi connectivity index (χ3n) is 5.06. The molecule has 0 saturated heterocycles. The smallest absolute Gasteiger partial charge is 0.251 e. The lowest BCUT2D eigenvalue weighted by Crippen LogP contribution is -2.26. The highest BCUT2D eigenvalue weighted by molar-refractivity contribution is 9.10. The molecule has 0 spiro atoms. The van der Waals surface area contributed by atoms with Crippen LogP contribution in [0.5, 0.6) is 5.75 Å². The van der Waals surface area contributed by atoms with Gasteiger partial charge in [-0.1, -0.05) is 73.1 Å². The van der Waals surface area contributed by atoms with E-state index in [0.29, 0.717) is 12.2 Å². The van der Waals surface area contributed by atoms with Gasteiger partial charge in [-0.3, -0.25) is 4.79 Å². The van der Waals surface area contributed by atoms with Gasteiger partial charge in [-0.15, -0.1) is 0 Å². The summed E-state index contributed by atoms with van der Waals surface area (Å²) in [7, 11) is 0. The van der Waals surface area contributed by atoms with Crippen molar-refractivity contribution < 1.29 is 9.53 Å². The summed E-state index contributed by atoms with van der Waals surface area (Å²) in [5, 5.41) is 3.08. The zero-order chi connectivity index (χ0) is 21.7. The van der Waals surface area contributed by atoms with Crippen LogP contribution in [0.1, 0.15) is 60.8 Å². The molecule has 3 aromatic rings. The Bertz CT molecular complexity index is 972. The molecule has 1 amide bonds. The van der Waals surface area contributed by atoms with Crippen molar-refractivity contribution in [1.29, 1.82) is 0 Å². The molecule has 0 aromatic heterocycles. The van der Waals surface area contributed by atoms with Gasteiger partial charge in [0, 0.05) is 10.0 Å². The Hall–Kier alpha value is -2.59. The maximum absolute atomic E-state index is 12.6. The summed E-state index contributed by atoms with van der Waals surface area (Å²) >= 11 is 3.41. The number of benzene rings is 3. The van der Waals surface area contributed by atoms with Crippen LogP contribution in [0, 0.1) is 0 Å². The van der Waals surface area contributed by atoms with Crippen molar-refractivity contribution in [2.45, 2.75) is 45.8 Å². The molecule has 4 heteroatoms. The first kappa shape index (κ1) is 22.1. The van der Waals surface area contributed by atoms with Crippen LogP contribution >= 0.6 is 15.9 Å². The van der Waals surface area contributed by atoms with Crippen molar-refractivity contribution in [3.8, 4) is 5.75 Å². The first-order valence-corrected chi connectivity index (χ1v) is 10.9. The standard InChI is InChI=1S/C26H28BrNO2/c1-18(20-9-11-22(12-10-20)26(2,3)4)28-25(29)21-7-5-19(6-8-21)17-30-24-15-13-23(27)14-16-24/h5-16,18H,17H2,1-4H3,(H,28,29)/t18-/m0/s1.